The van der Waals surface area contributed by atoms with E-state index in [0.717, 1.165) is 6.07 Å². The molecule has 0 radical (unpaired) electrons. The zero-order chi connectivity index (χ0) is 19.9. The van der Waals surface area contributed by atoms with Crippen molar-refractivity contribution in [3.63, 3.8) is 0 Å². The molecule has 1 aliphatic heterocycles. The van der Waals surface area contributed by atoms with Gasteiger partial charge in [-0.3, -0.25) is 0 Å². The Balaban J connectivity index is 1.81. The SMILES string of the molecule is [C-]#[N+]c1cc(Oc2c(F)cc3[nH]ccc3c2CN2CCCS2(=O)=O)ccc1F. The van der Waals surface area contributed by atoms with Crippen LogP contribution in [0.5, 0.6) is 11.5 Å². The Labute approximate surface area is 160 Å². The van der Waals surface area contributed by atoms with E-state index in [9.17, 15) is 17.2 Å². The minimum Gasteiger partial charge on any atom is -0.455 e. The minimum absolute atomic E-state index is 0.0410. The minimum atomic E-state index is -3.40. The molecule has 6 nitrogen and oxygen atoms in total. The molecule has 0 unspecified atom stereocenters. The predicted octanol–water partition coefficient (Wildman–Crippen LogP) is 4.32. The van der Waals surface area contributed by atoms with E-state index in [4.69, 9.17) is 11.3 Å². The molecule has 1 aromatic heterocycles. The Morgan fingerprint density at radius 1 is 1.21 bits per heavy atom. The van der Waals surface area contributed by atoms with Crippen LogP contribution >= 0.6 is 0 Å². The number of H-pyrrole nitrogens is 1. The number of hydrogen-bond acceptors (Lipinski definition) is 3. The summed E-state index contributed by atoms with van der Waals surface area (Å²) in [5, 5.41) is 0.631. The number of nitrogens with zero attached hydrogens (tertiary/aromatic N) is 2. The van der Waals surface area contributed by atoms with E-state index in [0.29, 0.717) is 29.4 Å². The number of fused-ring (bicyclic) bond motifs is 1. The molecule has 0 aliphatic carbocycles. The van der Waals surface area contributed by atoms with Crippen LogP contribution < -0.4 is 4.74 Å². The van der Waals surface area contributed by atoms with E-state index in [1.54, 1.807) is 12.3 Å². The van der Waals surface area contributed by atoms with Gasteiger partial charge >= 0.3 is 0 Å². The smallest absolute Gasteiger partial charge is 0.225 e. The lowest BCUT2D eigenvalue weighted by Crippen LogP contribution is -2.25. The molecule has 0 saturated carbocycles. The van der Waals surface area contributed by atoms with Crippen molar-refractivity contribution in [2.24, 2.45) is 0 Å². The molecule has 1 N–H and O–H groups in total. The molecule has 0 amide bonds. The maximum atomic E-state index is 14.8. The van der Waals surface area contributed by atoms with Crippen LogP contribution in [0.1, 0.15) is 12.0 Å². The van der Waals surface area contributed by atoms with Crippen LogP contribution in [0, 0.1) is 18.2 Å². The van der Waals surface area contributed by atoms with Crippen LogP contribution in [0.3, 0.4) is 0 Å². The number of rotatable bonds is 4. The van der Waals surface area contributed by atoms with Crippen LogP contribution in [-0.2, 0) is 16.6 Å². The third kappa shape index (κ3) is 3.21. The molecule has 144 valence electrons. The molecule has 1 aliphatic rings. The lowest BCUT2D eigenvalue weighted by molar-refractivity contribution is 0.408. The van der Waals surface area contributed by atoms with E-state index in [1.165, 1.54) is 22.5 Å². The lowest BCUT2D eigenvalue weighted by Gasteiger charge is -2.19. The first-order valence-corrected chi connectivity index (χ1v) is 10.1. The number of sulfonamides is 1. The fraction of sp³-hybridized carbons (Fsp3) is 0.211. The molecule has 4 rings (SSSR count). The molecule has 0 bridgehead atoms. The topological polar surface area (TPSA) is 66.8 Å². The van der Waals surface area contributed by atoms with Crippen molar-refractivity contribution in [3.05, 3.63) is 65.1 Å². The highest BCUT2D eigenvalue weighted by Gasteiger charge is 2.30. The van der Waals surface area contributed by atoms with Crippen LogP contribution in [0.15, 0.2) is 36.5 Å². The Morgan fingerprint density at radius 3 is 2.75 bits per heavy atom. The van der Waals surface area contributed by atoms with Crippen molar-refractivity contribution in [1.29, 1.82) is 0 Å². The molecule has 28 heavy (non-hydrogen) atoms. The van der Waals surface area contributed by atoms with Crippen LogP contribution in [0.25, 0.3) is 15.7 Å². The van der Waals surface area contributed by atoms with Crippen molar-refractivity contribution in [1.82, 2.24) is 9.29 Å². The van der Waals surface area contributed by atoms with E-state index in [2.05, 4.69) is 9.83 Å². The third-order valence-corrected chi connectivity index (χ3v) is 6.56. The van der Waals surface area contributed by atoms with Gasteiger partial charge in [0.15, 0.2) is 11.6 Å². The molecule has 0 spiro atoms. The van der Waals surface area contributed by atoms with Crippen LogP contribution in [0.2, 0.25) is 0 Å². The number of halogens is 2. The van der Waals surface area contributed by atoms with E-state index in [1.807, 2.05) is 0 Å². The number of hydrogen-bond donors (Lipinski definition) is 1. The molecule has 3 aromatic rings. The summed E-state index contributed by atoms with van der Waals surface area (Å²) in [6, 6.07) is 6.52. The summed E-state index contributed by atoms with van der Waals surface area (Å²) in [6.07, 6.45) is 2.14. The maximum absolute atomic E-state index is 14.8. The number of benzene rings is 2. The van der Waals surface area contributed by atoms with Gasteiger partial charge in [-0.05, 0) is 30.7 Å². The van der Waals surface area contributed by atoms with Crippen molar-refractivity contribution >= 4 is 26.6 Å². The average molecular weight is 403 g/mol. The molecule has 1 fully saturated rings. The number of aromatic amines is 1. The van der Waals surface area contributed by atoms with Crippen molar-refractivity contribution in [2.45, 2.75) is 13.0 Å². The zero-order valence-electron chi connectivity index (χ0n) is 14.6. The van der Waals surface area contributed by atoms with Gasteiger partial charge in [0.2, 0.25) is 15.7 Å². The lowest BCUT2D eigenvalue weighted by atomic mass is 10.1. The predicted molar refractivity (Wildman–Crippen MR) is 99.8 cm³/mol. The molecule has 0 atom stereocenters. The van der Waals surface area contributed by atoms with Gasteiger partial charge < -0.3 is 9.72 Å². The molecular weight excluding hydrogens is 388 g/mol. The van der Waals surface area contributed by atoms with Gasteiger partial charge in [0.25, 0.3) is 0 Å². The molecule has 9 heteroatoms. The first-order chi connectivity index (χ1) is 13.4. The fourth-order valence-electron chi connectivity index (χ4n) is 3.30. The monoisotopic (exact) mass is 403 g/mol. The van der Waals surface area contributed by atoms with Gasteiger partial charge in [-0.25, -0.2) is 22.0 Å². The highest BCUT2D eigenvalue weighted by Crippen LogP contribution is 2.37. The quantitative estimate of drug-likeness (QED) is 0.660. The van der Waals surface area contributed by atoms with Crippen molar-refractivity contribution in [2.75, 3.05) is 12.3 Å². The summed E-state index contributed by atoms with van der Waals surface area (Å²) < 4.78 is 59.8. The summed E-state index contributed by atoms with van der Waals surface area (Å²) in [5.41, 5.74) is 0.636. The second-order valence-corrected chi connectivity index (χ2v) is 8.52. The molecule has 1 saturated heterocycles. The van der Waals surface area contributed by atoms with E-state index < -0.39 is 21.7 Å². The largest absolute Gasteiger partial charge is 0.455 e. The van der Waals surface area contributed by atoms with Crippen molar-refractivity contribution < 1.29 is 21.9 Å². The Bertz CT molecular complexity index is 1220. The summed E-state index contributed by atoms with van der Waals surface area (Å²) in [6.45, 7) is 7.31. The Morgan fingerprint density at radius 2 is 2.04 bits per heavy atom. The van der Waals surface area contributed by atoms with Gasteiger partial charge in [0.05, 0.1) is 12.3 Å². The van der Waals surface area contributed by atoms with Crippen LogP contribution in [0.4, 0.5) is 14.5 Å². The van der Waals surface area contributed by atoms with Gasteiger partial charge in [-0.2, -0.15) is 4.31 Å². The first-order valence-electron chi connectivity index (χ1n) is 8.50. The van der Waals surface area contributed by atoms with Gasteiger partial charge in [0, 0.05) is 41.8 Å². The second kappa shape index (κ2) is 6.89. The second-order valence-electron chi connectivity index (χ2n) is 6.44. The summed E-state index contributed by atoms with van der Waals surface area (Å²) in [5.74, 6) is -1.38. The first kappa shape index (κ1) is 18.4. The summed E-state index contributed by atoms with van der Waals surface area (Å²) in [4.78, 5) is 5.98. The third-order valence-electron chi connectivity index (χ3n) is 4.66. The molecule has 2 aromatic carbocycles. The fourth-order valence-corrected chi connectivity index (χ4v) is 4.78. The van der Waals surface area contributed by atoms with Crippen molar-refractivity contribution in [3.8, 4) is 11.5 Å². The Kier molecular flexibility index (Phi) is 4.53. The zero-order valence-corrected chi connectivity index (χ0v) is 15.4. The van der Waals surface area contributed by atoms with Gasteiger partial charge in [0.1, 0.15) is 11.6 Å². The van der Waals surface area contributed by atoms with Gasteiger partial charge in [-0.15, -0.1) is 0 Å². The summed E-state index contributed by atoms with van der Waals surface area (Å²) in [7, 11) is -3.40. The molecule has 2 heterocycles. The number of nitrogens with one attached hydrogen (secondary N) is 1. The molecular formula is C19H15F2N3O3S. The van der Waals surface area contributed by atoms with Crippen LogP contribution in [-0.4, -0.2) is 30.0 Å². The number of aromatic nitrogens is 1. The highest BCUT2D eigenvalue weighted by molar-refractivity contribution is 7.89. The van der Waals surface area contributed by atoms with Gasteiger partial charge in [-0.1, -0.05) is 0 Å². The van der Waals surface area contributed by atoms with E-state index in [-0.39, 0.29) is 29.5 Å². The average Bonchev–Trinajstić information content (AvgIpc) is 3.25. The standard InChI is InChI=1S/C19H15F2N3O3S/c1-22-18-9-12(3-4-15(18)20)27-19-14(11-24-7-2-8-28(24,25)26)13-5-6-23-17(13)10-16(19)21/h3-6,9-10,23H,2,7-8,11H2. The maximum Gasteiger partial charge on any atom is 0.225 e. The number of ether oxygens (including phenoxy) is 1. The summed E-state index contributed by atoms with van der Waals surface area (Å²) >= 11 is 0. The Hall–Kier alpha value is -2.96. The normalized spacial score (nSPS) is 16.3. The highest BCUT2D eigenvalue weighted by atomic mass is 32.2. The van der Waals surface area contributed by atoms with E-state index >= 15 is 0 Å².